The van der Waals surface area contributed by atoms with Gasteiger partial charge in [0.15, 0.2) is 0 Å². The molecule has 1 saturated carbocycles. The van der Waals surface area contributed by atoms with Crippen LogP contribution in [0.1, 0.15) is 35.3 Å². The SMILES string of the molecule is Cn1ncc(C(=O)O)c1CNCCC(=O)NC1CC1. The van der Waals surface area contributed by atoms with E-state index in [1.807, 2.05) is 0 Å². The summed E-state index contributed by atoms with van der Waals surface area (Å²) in [4.78, 5) is 22.4. The van der Waals surface area contributed by atoms with Crippen molar-refractivity contribution in [3.8, 4) is 0 Å². The maximum atomic E-state index is 11.4. The Kier molecular flexibility index (Phi) is 4.16. The molecule has 3 N–H and O–H groups in total. The Morgan fingerprint density at radius 3 is 2.89 bits per heavy atom. The number of hydrogen-bond donors (Lipinski definition) is 3. The molecule has 0 unspecified atom stereocenters. The molecule has 1 fully saturated rings. The van der Waals surface area contributed by atoms with Gasteiger partial charge in [0.05, 0.1) is 11.9 Å². The van der Waals surface area contributed by atoms with Gasteiger partial charge in [-0.3, -0.25) is 9.48 Å². The molecule has 0 spiro atoms. The summed E-state index contributed by atoms with van der Waals surface area (Å²) in [7, 11) is 1.70. The fourth-order valence-corrected chi connectivity index (χ4v) is 1.79. The van der Waals surface area contributed by atoms with Crippen molar-refractivity contribution in [3.05, 3.63) is 17.5 Å². The van der Waals surface area contributed by atoms with Gasteiger partial charge < -0.3 is 15.7 Å². The normalized spacial score (nSPS) is 14.4. The molecule has 1 heterocycles. The Morgan fingerprint density at radius 1 is 1.53 bits per heavy atom. The second-order valence-electron chi connectivity index (χ2n) is 4.70. The van der Waals surface area contributed by atoms with Crippen LogP contribution >= 0.6 is 0 Å². The van der Waals surface area contributed by atoms with Crippen LogP contribution in [0.15, 0.2) is 6.20 Å². The number of rotatable bonds is 7. The average molecular weight is 266 g/mol. The van der Waals surface area contributed by atoms with E-state index in [2.05, 4.69) is 15.7 Å². The molecule has 1 aromatic rings. The number of hydrogen-bond acceptors (Lipinski definition) is 4. The van der Waals surface area contributed by atoms with Crippen LogP contribution in [0.2, 0.25) is 0 Å². The summed E-state index contributed by atoms with van der Waals surface area (Å²) in [5.41, 5.74) is 0.799. The molecule has 7 nitrogen and oxygen atoms in total. The van der Waals surface area contributed by atoms with Gasteiger partial charge in [0.25, 0.3) is 0 Å². The predicted octanol–water partition coefficient (Wildman–Crippen LogP) is -0.123. The van der Waals surface area contributed by atoms with Crippen LogP contribution in [0.3, 0.4) is 0 Å². The third-order valence-corrected chi connectivity index (χ3v) is 3.06. The van der Waals surface area contributed by atoms with Gasteiger partial charge in [0.2, 0.25) is 5.91 Å². The van der Waals surface area contributed by atoms with Crippen molar-refractivity contribution in [2.45, 2.75) is 31.8 Å². The van der Waals surface area contributed by atoms with Crippen molar-refractivity contribution in [3.63, 3.8) is 0 Å². The number of carbonyl (C=O) groups excluding carboxylic acids is 1. The molecule has 104 valence electrons. The number of amides is 1. The van der Waals surface area contributed by atoms with Gasteiger partial charge >= 0.3 is 5.97 Å². The standard InChI is InChI=1S/C12H18N4O3/c1-16-10(9(6-14-16)12(18)19)7-13-5-4-11(17)15-8-2-3-8/h6,8,13H,2-5,7H2,1H3,(H,15,17)(H,18,19). The van der Waals surface area contributed by atoms with Crippen molar-refractivity contribution < 1.29 is 14.7 Å². The van der Waals surface area contributed by atoms with Crippen molar-refractivity contribution >= 4 is 11.9 Å². The second kappa shape index (κ2) is 5.83. The van der Waals surface area contributed by atoms with Gasteiger partial charge in [-0.1, -0.05) is 0 Å². The Labute approximate surface area is 111 Å². The van der Waals surface area contributed by atoms with Gasteiger partial charge in [-0.05, 0) is 12.8 Å². The number of nitrogens with zero attached hydrogens (tertiary/aromatic N) is 2. The zero-order valence-electron chi connectivity index (χ0n) is 10.8. The first-order valence-corrected chi connectivity index (χ1v) is 6.32. The van der Waals surface area contributed by atoms with E-state index in [1.165, 1.54) is 10.9 Å². The van der Waals surface area contributed by atoms with Crippen LogP contribution in [-0.4, -0.2) is 39.4 Å². The average Bonchev–Trinajstić information content (AvgIpc) is 3.07. The quantitative estimate of drug-likeness (QED) is 0.598. The van der Waals surface area contributed by atoms with Crippen LogP contribution in [-0.2, 0) is 18.4 Å². The first-order chi connectivity index (χ1) is 9.08. The molecule has 0 atom stereocenters. The summed E-state index contributed by atoms with van der Waals surface area (Å²) in [5, 5.41) is 18.9. The largest absolute Gasteiger partial charge is 0.478 e. The molecule has 0 radical (unpaired) electrons. The minimum Gasteiger partial charge on any atom is -0.478 e. The molecule has 1 aliphatic carbocycles. The molecule has 7 heteroatoms. The van der Waals surface area contributed by atoms with Crippen LogP contribution in [0, 0.1) is 0 Å². The summed E-state index contributed by atoms with van der Waals surface area (Å²) >= 11 is 0. The number of aromatic nitrogens is 2. The highest BCUT2D eigenvalue weighted by Crippen LogP contribution is 2.18. The third kappa shape index (κ3) is 3.78. The number of carbonyl (C=O) groups is 2. The molecule has 0 aliphatic heterocycles. The van der Waals surface area contributed by atoms with E-state index in [-0.39, 0.29) is 11.5 Å². The maximum Gasteiger partial charge on any atom is 0.339 e. The summed E-state index contributed by atoms with van der Waals surface area (Å²) in [6, 6.07) is 0.378. The van der Waals surface area contributed by atoms with Gasteiger partial charge in [0.1, 0.15) is 5.56 Å². The molecule has 0 aromatic carbocycles. The minimum atomic E-state index is -0.989. The van der Waals surface area contributed by atoms with E-state index in [4.69, 9.17) is 5.11 Å². The number of carboxylic acids is 1. The van der Waals surface area contributed by atoms with E-state index in [0.717, 1.165) is 12.8 Å². The van der Waals surface area contributed by atoms with Crippen LogP contribution in [0.4, 0.5) is 0 Å². The highest BCUT2D eigenvalue weighted by molar-refractivity contribution is 5.88. The summed E-state index contributed by atoms with van der Waals surface area (Å²) in [5.74, 6) is -0.949. The highest BCUT2D eigenvalue weighted by atomic mass is 16.4. The monoisotopic (exact) mass is 266 g/mol. The number of aromatic carboxylic acids is 1. The smallest absolute Gasteiger partial charge is 0.339 e. The second-order valence-corrected chi connectivity index (χ2v) is 4.70. The molecule has 1 amide bonds. The van der Waals surface area contributed by atoms with Crippen molar-refractivity contribution in [2.24, 2.45) is 7.05 Å². The maximum absolute atomic E-state index is 11.4. The summed E-state index contributed by atoms with van der Waals surface area (Å²) in [6.07, 6.45) is 3.89. The number of nitrogens with one attached hydrogen (secondary N) is 2. The lowest BCUT2D eigenvalue weighted by atomic mass is 10.2. The van der Waals surface area contributed by atoms with Crippen molar-refractivity contribution in [2.75, 3.05) is 6.54 Å². The highest BCUT2D eigenvalue weighted by Gasteiger charge is 2.22. The van der Waals surface area contributed by atoms with E-state index in [1.54, 1.807) is 7.05 Å². The molecule has 2 rings (SSSR count). The van der Waals surface area contributed by atoms with Crippen LogP contribution in [0.25, 0.3) is 0 Å². The van der Waals surface area contributed by atoms with Gasteiger partial charge in [-0.25, -0.2) is 4.79 Å². The van der Waals surface area contributed by atoms with Gasteiger partial charge in [0, 0.05) is 32.6 Å². The molecule has 1 aliphatic rings. The van der Waals surface area contributed by atoms with Crippen molar-refractivity contribution in [1.82, 2.24) is 20.4 Å². The Morgan fingerprint density at radius 2 is 2.26 bits per heavy atom. The Hall–Kier alpha value is -1.89. The topological polar surface area (TPSA) is 96.2 Å². The fraction of sp³-hybridized carbons (Fsp3) is 0.583. The zero-order chi connectivity index (χ0) is 13.8. The lowest BCUT2D eigenvalue weighted by molar-refractivity contribution is -0.121. The van der Waals surface area contributed by atoms with Crippen LogP contribution < -0.4 is 10.6 Å². The molecule has 19 heavy (non-hydrogen) atoms. The first kappa shape index (κ1) is 13.5. The molecule has 0 saturated heterocycles. The Balaban J connectivity index is 1.74. The summed E-state index contributed by atoms with van der Waals surface area (Å²) in [6.45, 7) is 0.900. The lowest BCUT2D eigenvalue weighted by Gasteiger charge is -2.07. The van der Waals surface area contributed by atoms with Crippen LogP contribution in [0.5, 0.6) is 0 Å². The zero-order valence-corrected chi connectivity index (χ0v) is 10.8. The first-order valence-electron chi connectivity index (χ1n) is 6.32. The van der Waals surface area contributed by atoms with E-state index in [9.17, 15) is 9.59 Å². The van der Waals surface area contributed by atoms with E-state index >= 15 is 0 Å². The summed E-state index contributed by atoms with van der Waals surface area (Å²) < 4.78 is 1.53. The molecular weight excluding hydrogens is 248 g/mol. The van der Waals surface area contributed by atoms with Gasteiger partial charge in [-0.2, -0.15) is 5.10 Å². The molecule has 0 bridgehead atoms. The fourth-order valence-electron chi connectivity index (χ4n) is 1.79. The Bertz CT molecular complexity index is 479. The lowest BCUT2D eigenvalue weighted by Crippen LogP contribution is -2.29. The van der Waals surface area contributed by atoms with Gasteiger partial charge in [-0.15, -0.1) is 0 Å². The van der Waals surface area contributed by atoms with E-state index in [0.29, 0.717) is 31.2 Å². The molecular formula is C12H18N4O3. The third-order valence-electron chi connectivity index (χ3n) is 3.06. The number of carboxylic acid groups (broad SMARTS) is 1. The van der Waals surface area contributed by atoms with Crippen molar-refractivity contribution in [1.29, 1.82) is 0 Å². The predicted molar refractivity (Wildman–Crippen MR) is 67.7 cm³/mol. The minimum absolute atomic E-state index is 0.0402. The molecule has 1 aromatic heterocycles. The van der Waals surface area contributed by atoms with E-state index < -0.39 is 5.97 Å². The number of aryl methyl sites for hydroxylation is 1.